The predicted octanol–water partition coefficient (Wildman–Crippen LogP) is 4.46. The Bertz CT molecular complexity index is 586. The van der Waals surface area contributed by atoms with Crippen LogP contribution < -0.4 is 0 Å². The highest BCUT2D eigenvalue weighted by Gasteiger charge is 2.31. The normalized spacial score (nSPS) is 22.5. The molecule has 0 unspecified atom stereocenters. The topological polar surface area (TPSA) is 3.24 Å². The summed E-state index contributed by atoms with van der Waals surface area (Å²) in [6.45, 7) is 5.74. The van der Waals surface area contributed by atoms with E-state index < -0.39 is 0 Å². The third-order valence-electron chi connectivity index (χ3n) is 4.83. The Morgan fingerprint density at radius 2 is 1.33 bits per heavy atom. The van der Waals surface area contributed by atoms with E-state index >= 15 is 0 Å². The highest BCUT2D eigenvalue weighted by Crippen LogP contribution is 2.36. The van der Waals surface area contributed by atoms with Crippen LogP contribution in [-0.2, 0) is 0 Å². The van der Waals surface area contributed by atoms with Gasteiger partial charge >= 0.3 is 0 Å². The monoisotopic (exact) mass is 277 g/mol. The van der Waals surface area contributed by atoms with E-state index in [-0.39, 0.29) is 0 Å². The average molecular weight is 277 g/mol. The Kier molecular flexibility index (Phi) is 3.94. The van der Waals surface area contributed by atoms with E-state index in [1.165, 1.54) is 16.7 Å². The number of hydrogen-bond donors (Lipinski definition) is 0. The van der Waals surface area contributed by atoms with Crippen LogP contribution >= 0.6 is 0 Å². The smallest absolute Gasteiger partial charge is 0.0205 e. The maximum absolute atomic E-state index is 2.45. The van der Waals surface area contributed by atoms with Gasteiger partial charge in [-0.2, -0.15) is 0 Å². The Hall–Kier alpha value is -1.86. The molecule has 0 bridgehead atoms. The van der Waals surface area contributed by atoms with Crippen molar-refractivity contribution in [1.29, 1.82) is 0 Å². The summed E-state index contributed by atoms with van der Waals surface area (Å²) in [5, 5.41) is 0. The van der Waals surface area contributed by atoms with Gasteiger partial charge in [-0.25, -0.2) is 0 Å². The molecule has 1 saturated heterocycles. The maximum atomic E-state index is 2.45. The second kappa shape index (κ2) is 5.87. The first-order valence-electron chi connectivity index (χ1n) is 7.72. The van der Waals surface area contributed by atoms with E-state index in [2.05, 4.69) is 86.5 Å². The summed E-state index contributed by atoms with van der Waals surface area (Å²) in [6, 6.07) is 22.2. The van der Waals surface area contributed by atoms with Crippen LogP contribution in [0.15, 0.2) is 66.2 Å². The molecule has 0 N–H and O–H groups in total. The fourth-order valence-corrected chi connectivity index (χ4v) is 3.28. The van der Waals surface area contributed by atoms with Gasteiger partial charge in [-0.1, -0.05) is 67.6 Å². The maximum Gasteiger partial charge on any atom is 0.0205 e. The Balaban J connectivity index is 2.19. The van der Waals surface area contributed by atoms with Crippen molar-refractivity contribution in [1.82, 2.24) is 4.90 Å². The van der Waals surface area contributed by atoms with Gasteiger partial charge in [-0.3, -0.25) is 4.90 Å². The highest BCUT2D eigenvalue weighted by atomic mass is 15.2. The van der Waals surface area contributed by atoms with Crippen molar-refractivity contribution in [2.45, 2.75) is 19.9 Å². The van der Waals surface area contributed by atoms with Gasteiger partial charge in [0, 0.05) is 12.6 Å². The first-order valence-corrected chi connectivity index (χ1v) is 7.72. The molecule has 1 aliphatic rings. The first-order chi connectivity index (χ1) is 10.2. The molecule has 0 amide bonds. The first kappa shape index (κ1) is 14.1. The van der Waals surface area contributed by atoms with E-state index in [0.29, 0.717) is 12.0 Å². The predicted molar refractivity (Wildman–Crippen MR) is 90.2 cm³/mol. The van der Waals surface area contributed by atoms with Crippen LogP contribution in [0, 0.1) is 5.92 Å². The van der Waals surface area contributed by atoms with Crippen molar-refractivity contribution >= 4 is 5.57 Å². The Morgan fingerprint density at radius 1 is 0.857 bits per heavy atom. The number of rotatable bonds is 2. The minimum Gasteiger partial charge on any atom is -0.299 e. The third-order valence-corrected chi connectivity index (χ3v) is 4.83. The van der Waals surface area contributed by atoms with Gasteiger partial charge in [-0.15, -0.1) is 0 Å². The molecular weight excluding hydrogens is 254 g/mol. The molecule has 21 heavy (non-hydrogen) atoms. The lowest BCUT2D eigenvalue weighted by Gasteiger charge is -2.17. The lowest BCUT2D eigenvalue weighted by molar-refractivity contribution is 0.301. The second-order valence-corrected chi connectivity index (χ2v) is 6.08. The van der Waals surface area contributed by atoms with Gasteiger partial charge in [0.05, 0.1) is 0 Å². The molecule has 0 radical (unpaired) electrons. The van der Waals surface area contributed by atoms with Crippen LogP contribution in [0.3, 0.4) is 0 Å². The van der Waals surface area contributed by atoms with Crippen molar-refractivity contribution in [2.75, 3.05) is 13.6 Å². The van der Waals surface area contributed by atoms with Crippen LogP contribution in [0.4, 0.5) is 0 Å². The van der Waals surface area contributed by atoms with Gasteiger partial charge in [0.25, 0.3) is 0 Å². The molecule has 1 nitrogen and oxygen atoms in total. The van der Waals surface area contributed by atoms with Crippen molar-refractivity contribution in [2.24, 2.45) is 5.92 Å². The molecule has 0 saturated carbocycles. The van der Waals surface area contributed by atoms with E-state index in [4.69, 9.17) is 0 Å². The molecular formula is C20H23N. The number of likely N-dealkylation sites (tertiary alicyclic amines) is 1. The van der Waals surface area contributed by atoms with Crippen molar-refractivity contribution < 1.29 is 0 Å². The van der Waals surface area contributed by atoms with E-state index in [1.54, 1.807) is 5.57 Å². The second-order valence-electron chi connectivity index (χ2n) is 6.08. The Morgan fingerprint density at radius 3 is 1.71 bits per heavy atom. The van der Waals surface area contributed by atoms with Gasteiger partial charge in [-0.05, 0) is 42.2 Å². The summed E-state index contributed by atoms with van der Waals surface area (Å²) in [4.78, 5) is 2.45. The zero-order chi connectivity index (χ0) is 14.8. The van der Waals surface area contributed by atoms with Crippen molar-refractivity contribution in [3.8, 4) is 0 Å². The molecule has 2 atom stereocenters. The summed E-state index contributed by atoms with van der Waals surface area (Å²) in [6.07, 6.45) is 0. The fourth-order valence-electron chi connectivity index (χ4n) is 3.28. The summed E-state index contributed by atoms with van der Waals surface area (Å²) in [7, 11) is 2.22. The van der Waals surface area contributed by atoms with Crippen LogP contribution in [-0.4, -0.2) is 24.5 Å². The quantitative estimate of drug-likeness (QED) is 0.783. The van der Waals surface area contributed by atoms with Gasteiger partial charge in [0.15, 0.2) is 0 Å². The Labute approximate surface area is 127 Å². The molecule has 1 heterocycles. The fraction of sp³-hybridized carbons (Fsp3) is 0.300. The number of likely N-dealkylation sites (N-methyl/N-ethyl adjacent to an activating group) is 1. The molecule has 0 aromatic heterocycles. The van der Waals surface area contributed by atoms with Crippen molar-refractivity contribution in [3.63, 3.8) is 0 Å². The van der Waals surface area contributed by atoms with Crippen molar-refractivity contribution in [3.05, 3.63) is 77.4 Å². The molecule has 1 aliphatic heterocycles. The van der Waals surface area contributed by atoms with Crippen LogP contribution in [0.25, 0.3) is 5.57 Å². The number of hydrogen-bond acceptors (Lipinski definition) is 1. The summed E-state index contributed by atoms with van der Waals surface area (Å²) in [5.41, 5.74) is 5.63. The number of benzene rings is 2. The molecule has 2 aromatic rings. The SMILES string of the molecule is C[C@@H]1C(=C(c2ccccc2)c2ccccc2)CN(C)[C@H]1C. The zero-order valence-corrected chi connectivity index (χ0v) is 13.1. The molecule has 3 rings (SSSR count). The van der Waals surface area contributed by atoms with Gasteiger partial charge in [0.1, 0.15) is 0 Å². The molecule has 1 heteroatoms. The van der Waals surface area contributed by atoms with E-state index in [0.717, 1.165) is 6.54 Å². The lowest BCUT2D eigenvalue weighted by atomic mass is 9.87. The average Bonchev–Trinajstić information content (AvgIpc) is 2.78. The minimum absolute atomic E-state index is 0.588. The third kappa shape index (κ3) is 2.66. The van der Waals surface area contributed by atoms with E-state index in [1.807, 2.05) is 0 Å². The summed E-state index contributed by atoms with van der Waals surface area (Å²) < 4.78 is 0. The molecule has 2 aromatic carbocycles. The van der Waals surface area contributed by atoms with Crippen LogP contribution in [0.1, 0.15) is 25.0 Å². The zero-order valence-electron chi connectivity index (χ0n) is 13.1. The van der Waals surface area contributed by atoms with Gasteiger partial charge < -0.3 is 0 Å². The molecule has 0 aliphatic carbocycles. The van der Waals surface area contributed by atoms with Gasteiger partial charge in [0.2, 0.25) is 0 Å². The standard InChI is InChI=1S/C20H23N/c1-15-16(2)21(3)14-19(15)20(17-10-6-4-7-11-17)18-12-8-5-9-13-18/h4-13,15-16H,14H2,1-3H3/t15-,16-/m0/s1. The van der Waals surface area contributed by atoms with E-state index in [9.17, 15) is 0 Å². The minimum atomic E-state index is 0.588. The summed E-state index contributed by atoms with van der Waals surface area (Å²) >= 11 is 0. The summed E-state index contributed by atoms with van der Waals surface area (Å²) in [5.74, 6) is 0.588. The molecule has 108 valence electrons. The van der Waals surface area contributed by atoms with Crippen LogP contribution in [0.5, 0.6) is 0 Å². The molecule has 0 spiro atoms. The lowest BCUT2D eigenvalue weighted by Crippen LogP contribution is -2.24. The number of nitrogens with zero attached hydrogens (tertiary/aromatic N) is 1. The largest absolute Gasteiger partial charge is 0.299 e. The molecule has 1 fully saturated rings. The highest BCUT2D eigenvalue weighted by molar-refractivity contribution is 5.83. The van der Waals surface area contributed by atoms with Crippen LogP contribution in [0.2, 0.25) is 0 Å².